The predicted octanol–water partition coefficient (Wildman–Crippen LogP) is 1.19. The molecule has 0 radical (unpaired) electrons. The van der Waals surface area contributed by atoms with Crippen LogP contribution in [0.3, 0.4) is 0 Å². The van der Waals surface area contributed by atoms with Crippen molar-refractivity contribution in [2.75, 3.05) is 33.2 Å². The van der Waals surface area contributed by atoms with E-state index in [1.807, 2.05) is 0 Å². The highest BCUT2D eigenvalue weighted by atomic mass is 15.3. The number of amidine groups is 1. The van der Waals surface area contributed by atoms with Gasteiger partial charge in [0.2, 0.25) is 0 Å². The molecule has 0 atom stereocenters. The summed E-state index contributed by atoms with van der Waals surface area (Å²) in [7, 11) is 2.16. The van der Waals surface area contributed by atoms with Crippen LogP contribution in [0.4, 0.5) is 0 Å². The topological polar surface area (TPSA) is 18.8 Å². The van der Waals surface area contributed by atoms with Crippen LogP contribution < -0.4 is 0 Å². The van der Waals surface area contributed by atoms with Gasteiger partial charge in [0.05, 0.1) is 0 Å². The van der Waals surface area contributed by atoms with Gasteiger partial charge in [0.15, 0.2) is 0 Å². The number of nitrogens with zero attached hydrogens (tertiary/aromatic N) is 3. The van der Waals surface area contributed by atoms with Gasteiger partial charge in [-0.25, -0.2) is 4.99 Å². The molecule has 1 saturated heterocycles. The Morgan fingerprint density at radius 3 is 2.46 bits per heavy atom. The standard InChI is InChI=1S/C10H19N3/c1-4-10(11-5-2)13-8-6-12(3)7-9-13/h5H,2,4,6-9H2,1,3H3/b11-10+. The zero-order chi connectivity index (χ0) is 9.68. The number of rotatable bonds is 2. The van der Waals surface area contributed by atoms with Gasteiger partial charge in [0, 0.05) is 38.8 Å². The van der Waals surface area contributed by atoms with Gasteiger partial charge in [-0.2, -0.15) is 0 Å². The van der Waals surface area contributed by atoms with E-state index in [0.717, 1.165) is 32.6 Å². The second-order valence-electron chi connectivity index (χ2n) is 3.37. The van der Waals surface area contributed by atoms with Crippen molar-refractivity contribution in [3.05, 3.63) is 12.8 Å². The van der Waals surface area contributed by atoms with Gasteiger partial charge < -0.3 is 9.80 Å². The first kappa shape index (κ1) is 10.3. The Hall–Kier alpha value is -0.830. The van der Waals surface area contributed by atoms with Crippen molar-refractivity contribution in [1.29, 1.82) is 0 Å². The Bertz CT molecular complexity index is 190. The number of likely N-dealkylation sites (N-methyl/N-ethyl adjacent to an activating group) is 1. The van der Waals surface area contributed by atoms with Crippen molar-refractivity contribution < 1.29 is 0 Å². The Balaban J connectivity index is 2.51. The maximum atomic E-state index is 4.28. The van der Waals surface area contributed by atoms with Gasteiger partial charge in [-0.05, 0) is 7.05 Å². The summed E-state index contributed by atoms with van der Waals surface area (Å²) in [6, 6.07) is 0. The minimum Gasteiger partial charge on any atom is -0.358 e. The summed E-state index contributed by atoms with van der Waals surface area (Å²) in [5.74, 6) is 1.17. The number of aliphatic imine (C=N–C) groups is 1. The van der Waals surface area contributed by atoms with Gasteiger partial charge in [-0.15, -0.1) is 0 Å². The van der Waals surface area contributed by atoms with E-state index in [1.54, 1.807) is 6.20 Å². The normalized spacial score (nSPS) is 20.5. The van der Waals surface area contributed by atoms with Crippen molar-refractivity contribution in [3.8, 4) is 0 Å². The fraction of sp³-hybridized carbons (Fsp3) is 0.700. The largest absolute Gasteiger partial charge is 0.358 e. The molecule has 1 fully saturated rings. The highest BCUT2D eigenvalue weighted by molar-refractivity contribution is 5.82. The molecule has 1 aliphatic rings. The average molecular weight is 181 g/mol. The van der Waals surface area contributed by atoms with Crippen LogP contribution in [0.15, 0.2) is 17.8 Å². The molecule has 0 aromatic heterocycles. The third kappa shape index (κ3) is 2.84. The molecular formula is C10H19N3. The van der Waals surface area contributed by atoms with Crippen LogP contribution in [0.1, 0.15) is 13.3 Å². The predicted molar refractivity (Wildman–Crippen MR) is 57.0 cm³/mol. The molecule has 0 N–H and O–H groups in total. The zero-order valence-electron chi connectivity index (χ0n) is 8.66. The molecule has 0 spiro atoms. The molecule has 1 aliphatic heterocycles. The molecule has 0 aromatic carbocycles. The second kappa shape index (κ2) is 5.02. The molecule has 74 valence electrons. The van der Waals surface area contributed by atoms with E-state index in [9.17, 15) is 0 Å². The molecule has 0 saturated carbocycles. The van der Waals surface area contributed by atoms with Crippen molar-refractivity contribution >= 4 is 5.84 Å². The molecule has 1 rings (SSSR count). The van der Waals surface area contributed by atoms with E-state index in [-0.39, 0.29) is 0 Å². The highest BCUT2D eigenvalue weighted by Crippen LogP contribution is 2.03. The monoisotopic (exact) mass is 181 g/mol. The summed E-state index contributed by atoms with van der Waals surface area (Å²) >= 11 is 0. The summed E-state index contributed by atoms with van der Waals surface area (Å²) in [6.07, 6.45) is 2.63. The van der Waals surface area contributed by atoms with Crippen LogP contribution >= 0.6 is 0 Å². The molecule has 0 amide bonds. The van der Waals surface area contributed by atoms with Crippen LogP contribution in [0, 0.1) is 0 Å². The summed E-state index contributed by atoms with van der Waals surface area (Å²) in [5.41, 5.74) is 0. The minimum atomic E-state index is 0.996. The van der Waals surface area contributed by atoms with Crippen molar-refractivity contribution in [2.24, 2.45) is 4.99 Å². The molecule has 13 heavy (non-hydrogen) atoms. The molecule has 1 heterocycles. The molecule has 0 unspecified atom stereocenters. The first-order valence-corrected chi connectivity index (χ1v) is 4.89. The summed E-state index contributed by atoms with van der Waals surface area (Å²) in [5, 5.41) is 0. The Morgan fingerprint density at radius 1 is 1.38 bits per heavy atom. The fourth-order valence-electron chi connectivity index (χ4n) is 1.57. The van der Waals surface area contributed by atoms with Crippen molar-refractivity contribution in [1.82, 2.24) is 9.80 Å². The average Bonchev–Trinajstić information content (AvgIpc) is 2.16. The molecular weight excluding hydrogens is 162 g/mol. The van der Waals surface area contributed by atoms with E-state index in [1.165, 1.54) is 5.84 Å². The molecule has 0 aliphatic carbocycles. The maximum Gasteiger partial charge on any atom is 0.104 e. The minimum absolute atomic E-state index is 0.996. The van der Waals surface area contributed by atoms with Gasteiger partial charge in [-0.3, -0.25) is 0 Å². The van der Waals surface area contributed by atoms with Gasteiger partial charge in [0.25, 0.3) is 0 Å². The van der Waals surface area contributed by atoms with E-state index in [0.29, 0.717) is 0 Å². The zero-order valence-corrected chi connectivity index (χ0v) is 8.66. The second-order valence-corrected chi connectivity index (χ2v) is 3.37. The third-order valence-corrected chi connectivity index (χ3v) is 2.42. The molecule has 3 nitrogen and oxygen atoms in total. The Kier molecular flexibility index (Phi) is 3.96. The van der Waals surface area contributed by atoms with Crippen molar-refractivity contribution in [3.63, 3.8) is 0 Å². The SMILES string of the molecule is C=C/N=C(\CC)N1CCN(C)CC1. The number of hydrogen-bond donors (Lipinski definition) is 0. The quantitative estimate of drug-likeness (QED) is 0.470. The lowest BCUT2D eigenvalue weighted by atomic mass is 10.3. The smallest absolute Gasteiger partial charge is 0.104 e. The van der Waals surface area contributed by atoms with E-state index < -0.39 is 0 Å². The van der Waals surface area contributed by atoms with E-state index in [4.69, 9.17) is 0 Å². The van der Waals surface area contributed by atoms with Crippen LogP contribution in [-0.2, 0) is 0 Å². The van der Waals surface area contributed by atoms with Crippen molar-refractivity contribution in [2.45, 2.75) is 13.3 Å². The molecule has 0 bridgehead atoms. The molecule has 3 heteroatoms. The number of piperazine rings is 1. The number of hydrogen-bond acceptors (Lipinski definition) is 2. The first-order chi connectivity index (χ1) is 6.27. The summed E-state index contributed by atoms with van der Waals surface area (Å²) in [4.78, 5) is 8.97. The molecule has 0 aromatic rings. The third-order valence-electron chi connectivity index (χ3n) is 2.42. The van der Waals surface area contributed by atoms with Crippen LogP contribution in [0.25, 0.3) is 0 Å². The fourth-order valence-corrected chi connectivity index (χ4v) is 1.57. The van der Waals surface area contributed by atoms with E-state index in [2.05, 4.69) is 35.3 Å². The van der Waals surface area contributed by atoms with Gasteiger partial charge in [0.1, 0.15) is 5.84 Å². The van der Waals surface area contributed by atoms with Crippen LogP contribution in [-0.4, -0.2) is 48.9 Å². The Morgan fingerprint density at radius 2 is 2.00 bits per heavy atom. The van der Waals surface area contributed by atoms with E-state index >= 15 is 0 Å². The summed E-state index contributed by atoms with van der Waals surface area (Å²) in [6.45, 7) is 10.2. The highest BCUT2D eigenvalue weighted by Gasteiger charge is 2.15. The lowest BCUT2D eigenvalue weighted by Gasteiger charge is -2.34. The lowest BCUT2D eigenvalue weighted by Crippen LogP contribution is -2.46. The van der Waals surface area contributed by atoms with Gasteiger partial charge in [-0.1, -0.05) is 13.5 Å². The Labute approximate surface area is 80.7 Å². The first-order valence-electron chi connectivity index (χ1n) is 4.89. The lowest BCUT2D eigenvalue weighted by molar-refractivity contribution is 0.213. The van der Waals surface area contributed by atoms with Crippen LogP contribution in [0.5, 0.6) is 0 Å². The summed E-state index contributed by atoms with van der Waals surface area (Å²) < 4.78 is 0. The maximum absolute atomic E-state index is 4.28. The van der Waals surface area contributed by atoms with Crippen LogP contribution in [0.2, 0.25) is 0 Å². The van der Waals surface area contributed by atoms with Gasteiger partial charge >= 0.3 is 0 Å².